The molecule has 6 nitrogen and oxygen atoms in total. The number of hydrogen-bond acceptors (Lipinski definition) is 4. The lowest BCUT2D eigenvalue weighted by Crippen LogP contribution is -2.35. The molecule has 8 heteroatoms. The average molecular weight is 682 g/mol. The molecule has 42 heavy (non-hydrogen) atoms. The quantitative estimate of drug-likeness (QED) is 0.192. The van der Waals surface area contributed by atoms with Crippen LogP contribution in [0.25, 0.3) is 11.4 Å². The smallest absolute Gasteiger partial charge is 0.261 e. The Hall–Kier alpha value is -4.40. The lowest BCUT2D eigenvalue weighted by atomic mass is 10.0. The Balaban J connectivity index is 1.48. The standard InChI is InChI=1S/C34H22Br2N2O4/c35-25-15-11-21(12-16-25)27(39)19-37-31(23-7-3-1-4-8-23)29-30(34(37)42)32(24-9-5-2-6-10-24)38(33(29)41)20-28(40)22-13-17-26(36)18-14-22/h1-18H,19-20H2. The fraction of sp³-hybridized carbons (Fsp3) is 0.0588. The highest BCUT2D eigenvalue weighted by molar-refractivity contribution is 9.10. The second kappa shape index (κ2) is 11.5. The predicted molar refractivity (Wildman–Crippen MR) is 167 cm³/mol. The van der Waals surface area contributed by atoms with Gasteiger partial charge < -0.3 is 0 Å². The van der Waals surface area contributed by atoms with Crippen LogP contribution < -0.4 is 0 Å². The normalized spacial score (nSPS) is 14.6. The third-order valence-electron chi connectivity index (χ3n) is 7.21. The van der Waals surface area contributed by atoms with Gasteiger partial charge in [-0.05, 0) is 35.4 Å². The van der Waals surface area contributed by atoms with Crippen molar-refractivity contribution < 1.29 is 19.2 Å². The minimum Gasteiger partial charge on any atom is -0.299 e. The number of Topliss-reactive ketones (excluding diaryl/α,β-unsaturated/α-hetero) is 2. The van der Waals surface area contributed by atoms with E-state index in [9.17, 15) is 19.2 Å². The number of benzene rings is 4. The zero-order valence-corrected chi connectivity index (χ0v) is 25.3. The molecular weight excluding hydrogens is 660 g/mol. The molecule has 4 aromatic rings. The maximum Gasteiger partial charge on any atom is 0.261 e. The predicted octanol–water partition coefficient (Wildman–Crippen LogP) is 6.78. The van der Waals surface area contributed by atoms with Gasteiger partial charge in [-0.1, -0.05) is 117 Å². The van der Waals surface area contributed by atoms with Crippen molar-refractivity contribution in [3.63, 3.8) is 0 Å². The third kappa shape index (κ3) is 5.08. The number of fused-ring (bicyclic) bond motifs is 1. The Morgan fingerprint density at radius 3 is 1.17 bits per heavy atom. The van der Waals surface area contributed by atoms with Crippen LogP contribution in [0.4, 0.5) is 0 Å². The number of carbonyl (C=O) groups excluding carboxylic acids is 4. The maximum absolute atomic E-state index is 14.3. The molecule has 2 heterocycles. The van der Waals surface area contributed by atoms with Crippen molar-refractivity contribution >= 4 is 66.6 Å². The van der Waals surface area contributed by atoms with Crippen molar-refractivity contribution in [2.75, 3.05) is 13.1 Å². The summed E-state index contributed by atoms with van der Waals surface area (Å²) in [5.74, 6) is -1.44. The first-order chi connectivity index (χ1) is 20.3. The molecule has 0 aliphatic carbocycles. The minimum atomic E-state index is -0.458. The summed E-state index contributed by atoms with van der Waals surface area (Å²) in [6, 6.07) is 32.0. The van der Waals surface area contributed by atoms with Crippen LogP contribution in [-0.4, -0.2) is 46.3 Å². The Morgan fingerprint density at radius 2 is 0.833 bits per heavy atom. The van der Waals surface area contributed by atoms with Gasteiger partial charge in [0.15, 0.2) is 11.6 Å². The second-order valence-corrected chi connectivity index (χ2v) is 11.7. The van der Waals surface area contributed by atoms with Crippen molar-refractivity contribution in [3.05, 3.63) is 152 Å². The van der Waals surface area contributed by atoms with E-state index in [0.717, 1.165) is 8.95 Å². The highest BCUT2D eigenvalue weighted by atomic mass is 79.9. The molecule has 0 saturated carbocycles. The van der Waals surface area contributed by atoms with Gasteiger partial charge in [-0.3, -0.25) is 29.0 Å². The van der Waals surface area contributed by atoms with Crippen molar-refractivity contribution in [2.24, 2.45) is 0 Å². The van der Waals surface area contributed by atoms with E-state index in [0.29, 0.717) is 33.6 Å². The first-order valence-corrected chi connectivity index (χ1v) is 14.7. The zero-order valence-electron chi connectivity index (χ0n) is 22.1. The monoisotopic (exact) mass is 680 g/mol. The van der Waals surface area contributed by atoms with Gasteiger partial charge in [-0.15, -0.1) is 0 Å². The molecule has 206 valence electrons. The summed E-state index contributed by atoms with van der Waals surface area (Å²) < 4.78 is 1.66. The molecule has 2 aliphatic heterocycles. The summed E-state index contributed by atoms with van der Waals surface area (Å²) in [7, 11) is 0. The molecular formula is C34H22Br2N2O4. The summed E-state index contributed by atoms with van der Waals surface area (Å²) in [5, 5.41) is 0. The Kier molecular flexibility index (Phi) is 7.58. The van der Waals surface area contributed by atoms with E-state index < -0.39 is 11.8 Å². The Labute approximate surface area is 259 Å². The minimum absolute atomic E-state index is 0.192. The van der Waals surface area contributed by atoms with Gasteiger partial charge in [-0.25, -0.2) is 0 Å². The summed E-state index contributed by atoms with van der Waals surface area (Å²) in [5.41, 5.74) is 3.25. The van der Waals surface area contributed by atoms with E-state index in [1.807, 2.05) is 36.4 Å². The highest BCUT2D eigenvalue weighted by Crippen LogP contribution is 2.46. The first kappa shape index (κ1) is 27.8. The number of carbonyl (C=O) groups is 4. The van der Waals surface area contributed by atoms with Crippen LogP contribution in [0.15, 0.2) is 129 Å². The number of hydrogen-bond donors (Lipinski definition) is 0. The van der Waals surface area contributed by atoms with Crippen LogP contribution in [-0.2, 0) is 9.59 Å². The van der Waals surface area contributed by atoms with E-state index in [-0.39, 0.29) is 35.8 Å². The number of nitrogens with zero attached hydrogens (tertiary/aromatic N) is 2. The van der Waals surface area contributed by atoms with E-state index in [4.69, 9.17) is 0 Å². The Bertz CT molecular complexity index is 1660. The maximum atomic E-state index is 14.3. The molecule has 0 atom stereocenters. The van der Waals surface area contributed by atoms with Gasteiger partial charge in [-0.2, -0.15) is 0 Å². The Morgan fingerprint density at radius 1 is 0.500 bits per heavy atom. The molecule has 0 bridgehead atoms. The first-order valence-electron chi connectivity index (χ1n) is 13.1. The van der Waals surface area contributed by atoms with Crippen LogP contribution in [0, 0.1) is 0 Å². The average Bonchev–Trinajstić information content (AvgIpc) is 3.45. The van der Waals surface area contributed by atoms with Crippen LogP contribution in [0.1, 0.15) is 31.8 Å². The van der Waals surface area contributed by atoms with Crippen LogP contribution in [0.2, 0.25) is 0 Å². The van der Waals surface area contributed by atoms with E-state index in [1.165, 1.54) is 9.80 Å². The molecule has 0 unspecified atom stereocenters. The van der Waals surface area contributed by atoms with Gasteiger partial charge in [0.05, 0.1) is 35.6 Å². The van der Waals surface area contributed by atoms with E-state index >= 15 is 0 Å². The molecule has 0 N–H and O–H groups in total. The number of ketones is 2. The van der Waals surface area contributed by atoms with Gasteiger partial charge in [0.25, 0.3) is 11.8 Å². The topological polar surface area (TPSA) is 74.8 Å². The largest absolute Gasteiger partial charge is 0.299 e. The highest BCUT2D eigenvalue weighted by Gasteiger charge is 2.49. The number of halogens is 2. The lowest BCUT2D eigenvalue weighted by Gasteiger charge is -2.25. The number of rotatable bonds is 8. The number of amides is 2. The molecule has 0 spiro atoms. The van der Waals surface area contributed by atoms with Crippen molar-refractivity contribution in [3.8, 4) is 0 Å². The van der Waals surface area contributed by atoms with Crippen molar-refractivity contribution in [1.82, 2.24) is 9.80 Å². The van der Waals surface area contributed by atoms with Crippen LogP contribution in [0.5, 0.6) is 0 Å². The van der Waals surface area contributed by atoms with E-state index in [1.54, 1.807) is 72.8 Å². The second-order valence-electron chi connectivity index (χ2n) is 9.82. The van der Waals surface area contributed by atoms with Crippen molar-refractivity contribution in [1.29, 1.82) is 0 Å². The van der Waals surface area contributed by atoms with Gasteiger partial charge >= 0.3 is 0 Å². The summed E-state index contributed by atoms with van der Waals surface area (Å²) in [4.78, 5) is 58.1. The summed E-state index contributed by atoms with van der Waals surface area (Å²) in [6.45, 7) is -0.490. The van der Waals surface area contributed by atoms with Gasteiger partial charge in [0, 0.05) is 20.1 Å². The molecule has 0 aromatic heterocycles. The molecule has 2 amide bonds. The molecule has 0 fully saturated rings. The molecule has 4 aromatic carbocycles. The third-order valence-corrected chi connectivity index (χ3v) is 8.27. The van der Waals surface area contributed by atoms with Crippen LogP contribution >= 0.6 is 31.9 Å². The zero-order chi connectivity index (χ0) is 29.4. The molecule has 6 rings (SSSR count). The fourth-order valence-electron chi connectivity index (χ4n) is 5.23. The van der Waals surface area contributed by atoms with Crippen molar-refractivity contribution in [2.45, 2.75) is 0 Å². The van der Waals surface area contributed by atoms with Gasteiger partial charge in [0.1, 0.15) is 0 Å². The van der Waals surface area contributed by atoms with Crippen LogP contribution in [0.3, 0.4) is 0 Å². The lowest BCUT2D eigenvalue weighted by molar-refractivity contribution is -0.123. The summed E-state index contributed by atoms with van der Waals surface area (Å²) in [6.07, 6.45) is 0. The summed E-state index contributed by atoms with van der Waals surface area (Å²) >= 11 is 6.77. The van der Waals surface area contributed by atoms with Gasteiger partial charge in [0.2, 0.25) is 0 Å². The van der Waals surface area contributed by atoms with E-state index in [2.05, 4.69) is 31.9 Å². The molecule has 0 radical (unpaired) electrons. The fourth-order valence-corrected chi connectivity index (χ4v) is 5.76. The SMILES string of the molecule is O=C(CN1C(=O)C2=C(c3ccccc3)N(CC(=O)c3ccc(Br)cc3)C(=O)C2=C1c1ccccc1)c1ccc(Br)cc1. The molecule has 0 saturated heterocycles. The molecule has 2 aliphatic rings.